The van der Waals surface area contributed by atoms with E-state index in [-0.39, 0.29) is 11.8 Å². The van der Waals surface area contributed by atoms with E-state index in [0.29, 0.717) is 28.4 Å². The molecule has 0 aliphatic carbocycles. The Hall–Kier alpha value is -3.65. The maximum Gasteiger partial charge on any atom is 0.256 e. The van der Waals surface area contributed by atoms with Crippen molar-refractivity contribution in [2.24, 2.45) is 0 Å². The average molecular weight is 448 g/mol. The normalized spacial score (nSPS) is 11.7. The average Bonchev–Trinajstić information content (AvgIpc) is 2.80. The number of benzene rings is 2. The van der Waals surface area contributed by atoms with Crippen molar-refractivity contribution in [2.75, 3.05) is 25.2 Å². The molecule has 3 aromatic rings. The fraction of sp³-hybridized carbons (Fsp3) is 0.208. The number of ether oxygens (including phenoxy) is 1. The number of nitrogens with zero attached hydrogens (tertiary/aromatic N) is 2. The van der Waals surface area contributed by atoms with E-state index >= 15 is 0 Å². The lowest BCUT2D eigenvalue weighted by atomic mass is 10.0. The van der Waals surface area contributed by atoms with Gasteiger partial charge in [-0.05, 0) is 42.0 Å². The zero-order chi connectivity index (χ0) is 23.3. The zero-order valence-electron chi connectivity index (χ0n) is 18.6. The van der Waals surface area contributed by atoms with Gasteiger partial charge in [0.25, 0.3) is 11.8 Å². The van der Waals surface area contributed by atoms with Gasteiger partial charge in [-0.2, -0.15) is 0 Å². The Balaban J connectivity index is 1.90. The molecular weight excluding hydrogens is 420 g/mol. The number of amides is 2. The van der Waals surface area contributed by atoms with Crippen LogP contribution in [0.15, 0.2) is 66.9 Å². The van der Waals surface area contributed by atoms with Crippen LogP contribution in [-0.4, -0.2) is 44.7 Å². The first-order chi connectivity index (χ1) is 15.3. The van der Waals surface area contributed by atoms with Crippen LogP contribution in [0, 0.1) is 0 Å². The fourth-order valence-corrected chi connectivity index (χ4v) is 4.12. The van der Waals surface area contributed by atoms with E-state index in [1.165, 1.54) is 16.3 Å². The third-order valence-corrected chi connectivity index (χ3v) is 6.64. The standard InChI is InChI=1S/C24H27N4O3Si/c1-28(24(30)17-7-14-21(25)26-15-17)22(16-5-10-19(31-2)11-6-16)23(29)27-18-8-12-20(13-9-18)32(3)4/h5-15,22H,1-4H3,(H2,25,26)(H,27,29). The van der Waals surface area contributed by atoms with E-state index in [2.05, 4.69) is 23.4 Å². The van der Waals surface area contributed by atoms with Crippen molar-refractivity contribution in [3.05, 3.63) is 78.0 Å². The number of likely N-dealkylation sites (N-methyl/N-ethyl adjacent to an activating group) is 1. The molecule has 0 fully saturated rings. The smallest absolute Gasteiger partial charge is 0.256 e. The highest BCUT2D eigenvalue weighted by Gasteiger charge is 2.29. The number of nitrogens with one attached hydrogen (secondary N) is 1. The Morgan fingerprint density at radius 2 is 1.69 bits per heavy atom. The van der Waals surface area contributed by atoms with Crippen molar-refractivity contribution in [3.63, 3.8) is 0 Å². The fourth-order valence-electron chi connectivity index (χ4n) is 3.29. The Morgan fingerprint density at radius 1 is 1.03 bits per heavy atom. The lowest BCUT2D eigenvalue weighted by Gasteiger charge is -2.28. The van der Waals surface area contributed by atoms with Crippen molar-refractivity contribution in [1.29, 1.82) is 0 Å². The summed E-state index contributed by atoms with van der Waals surface area (Å²) in [5.74, 6) is 0.325. The van der Waals surface area contributed by atoms with Crippen molar-refractivity contribution in [3.8, 4) is 5.75 Å². The van der Waals surface area contributed by atoms with Crippen LogP contribution >= 0.6 is 0 Å². The number of nitrogens with two attached hydrogens (primary N) is 1. The van der Waals surface area contributed by atoms with Crippen LogP contribution in [0.5, 0.6) is 5.75 Å². The summed E-state index contributed by atoms with van der Waals surface area (Å²) in [4.78, 5) is 31.9. The number of nitrogen functional groups attached to an aromatic ring is 1. The molecule has 2 amide bonds. The van der Waals surface area contributed by atoms with Crippen LogP contribution in [0.4, 0.5) is 11.5 Å². The van der Waals surface area contributed by atoms with E-state index in [1.807, 2.05) is 24.3 Å². The van der Waals surface area contributed by atoms with Gasteiger partial charge in [-0.15, -0.1) is 0 Å². The maximum atomic E-state index is 13.4. The Kier molecular flexibility index (Phi) is 7.27. The molecule has 7 nitrogen and oxygen atoms in total. The van der Waals surface area contributed by atoms with Gasteiger partial charge in [-0.3, -0.25) is 9.59 Å². The molecule has 1 atom stereocenters. The summed E-state index contributed by atoms with van der Waals surface area (Å²) in [6.45, 7) is 4.43. The molecule has 1 aromatic heterocycles. The van der Waals surface area contributed by atoms with E-state index in [4.69, 9.17) is 10.5 Å². The molecule has 0 saturated carbocycles. The second-order valence-corrected chi connectivity index (χ2v) is 10.2. The number of carbonyl (C=O) groups is 2. The van der Waals surface area contributed by atoms with Crippen LogP contribution in [0.3, 0.4) is 0 Å². The molecule has 2 aromatic carbocycles. The first kappa shape index (κ1) is 23.0. The summed E-state index contributed by atoms with van der Waals surface area (Å²) in [6, 6.07) is 17.2. The summed E-state index contributed by atoms with van der Waals surface area (Å²) < 4.78 is 5.23. The molecule has 0 aliphatic rings. The number of aromatic nitrogens is 1. The molecule has 1 heterocycles. The van der Waals surface area contributed by atoms with Crippen LogP contribution in [-0.2, 0) is 4.79 Å². The Bertz CT molecular complexity index is 1070. The molecule has 0 saturated heterocycles. The molecule has 1 radical (unpaired) electrons. The number of methoxy groups -OCH3 is 1. The van der Waals surface area contributed by atoms with Gasteiger partial charge in [0, 0.05) is 18.9 Å². The number of hydrogen-bond donors (Lipinski definition) is 2. The minimum absolute atomic E-state index is 0.319. The maximum absolute atomic E-state index is 13.4. The minimum atomic E-state index is -0.859. The van der Waals surface area contributed by atoms with Gasteiger partial charge in [0.05, 0.1) is 21.5 Å². The van der Waals surface area contributed by atoms with E-state index < -0.39 is 14.8 Å². The van der Waals surface area contributed by atoms with Crippen LogP contribution in [0.1, 0.15) is 22.0 Å². The lowest BCUT2D eigenvalue weighted by Crippen LogP contribution is -2.38. The van der Waals surface area contributed by atoms with Gasteiger partial charge in [0.1, 0.15) is 17.6 Å². The van der Waals surface area contributed by atoms with Gasteiger partial charge in [-0.1, -0.05) is 42.5 Å². The Morgan fingerprint density at radius 3 is 2.22 bits per heavy atom. The van der Waals surface area contributed by atoms with Crippen LogP contribution in [0.25, 0.3) is 0 Å². The lowest BCUT2D eigenvalue weighted by molar-refractivity contribution is -0.120. The van der Waals surface area contributed by atoms with E-state index in [0.717, 1.165) is 0 Å². The SMILES string of the molecule is COc1ccc(C(C(=O)Nc2ccc([Si](C)C)cc2)N(C)C(=O)c2ccc(N)nc2)cc1. The molecule has 3 N–H and O–H groups in total. The third-order valence-electron chi connectivity index (χ3n) is 5.15. The first-order valence-electron chi connectivity index (χ1n) is 10.1. The van der Waals surface area contributed by atoms with Gasteiger partial charge in [0.15, 0.2) is 0 Å². The molecule has 0 bridgehead atoms. The molecule has 1 unspecified atom stereocenters. The van der Waals surface area contributed by atoms with E-state index in [1.54, 1.807) is 50.6 Å². The number of anilines is 2. The summed E-state index contributed by atoms with van der Waals surface area (Å²) >= 11 is 0. The zero-order valence-corrected chi connectivity index (χ0v) is 19.6. The highest BCUT2D eigenvalue weighted by Crippen LogP contribution is 2.25. The predicted molar refractivity (Wildman–Crippen MR) is 129 cm³/mol. The number of rotatable bonds is 7. The van der Waals surface area contributed by atoms with Gasteiger partial charge in [0.2, 0.25) is 0 Å². The second-order valence-electron chi connectivity index (χ2n) is 7.63. The second kappa shape index (κ2) is 10.1. The minimum Gasteiger partial charge on any atom is -0.497 e. The number of pyridine rings is 1. The van der Waals surface area contributed by atoms with E-state index in [9.17, 15) is 9.59 Å². The van der Waals surface area contributed by atoms with Gasteiger partial charge < -0.3 is 20.7 Å². The highest BCUT2D eigenvalue weighted by molar-refractivity contribution is 6.70. The monoisotopic (exact) mass is 447 g/mol. The summed E-state index contributed by atoms with van der Waals surface area (Å²) in [5.41, 5.74) is 7.32. The molecule has 8 heteroatoms. The van der Waals surface area contributed by atoms with Crippen LogP contribution < -0.4 is 21.0 Å². The van der Waals surface area contributed by atoms with Gasteiger partial charge >= 0.3 is 0 Å². The number of hydrogen-bond acceptors (Lipinski definition) is 5. The van der Waals surface area contributed by atoms with Crippen molar-refractivity contribution >= 4 is 37.3 Å². The van der Waals surface area contributed by atoms with Crippen LogP contribution in [0.2, 0.25) is 13.1 Å². The molecule has 0 aliphatic heterocycles. The number of carbonyl (C=O) groups excluding carboxylic acids is 2. The Labute approximate surface area is 189 Å². The highest BCUT2D eigenvalue weighted by atomic mass is 28.3. The quantitative estimate of drug-likeness (QED) is 0.543. The molecule has 3 rings (SSSR count). The third kappa shape index (κ3) is 5.33. The molecule has 32 heavy (non-hydrogen) atoms. The molecular formula is C24H27N4O3Si. The molecule has 165 valence electrons. The first-order valence-corrected chi connectivity index (χ1v) is 12.6. The summed E-state index contributed by atoms with van der Waals surface area (Å²) in [6.07, 6.45) is 1.41. The van der Waals surface area contributed by atoms with Crippen molar-refractivity contribution < 1.29 is 14.3 Å². The summed E-state index contributed by atoms with van der Waals surface area (Å²) in [5, 5.41) is 4.22. The topological polar surface area (TPSA) is 97.5 Å². The summed E-state index contributed by atoms with van der Waals surface area (Å²) in [7, 11) is 2.60. The van der Waals surface area contributed by atoms with Crippen molar-refractivity contribution in [2.45, 2.75) is 19.1 Å². The van der Waals surface area contributed by atoms with Gasteiger partial charge in [-0.25, -0.2) is 4.98 Å². The predicted octanol–water partition coefficient (Wildman–Crippen LogP) is 3.09. The molecule has 0 spiro atoms. The largest absolute Gasteiger partial charge is 0.497 e. The van der Waals surface area contributed by atoms with Crippen molar-refractivity contribution in [1.82, 2.24) is 9.88 Å².